The second kappa shape index (κ2) is 5.02. The molecular formula is C17H13BrN2O2. The number of carbonyl (C=O) groups excluding carboxylic acids is 2. The average Bonchev–Trinajstić information content (AvgIpc) is 2.83. The molecule has 1 aliphatic carbocycles. The van der Waals surface area contributed by atoms with Crippen LogP contribution in [0, 0.1) is 0 Å². The number of rotatable bonds is 1. The van der Waals surface area contributed by atoms with E-state index in [4.69, 9.17) is 0 Å². The smallest absolute Gasteiger partial charge is 0.163 e. The Morgan fingerprint density at radius 3 is 2.82 bits per heavy atom. The molecule has 5 heteroatoms. The molecule has 22 heavy (non-hydrogen) atoms. The van der Waals surface area contributed by atoms with E-state index in [-0.39, 0.29) is 24.0 Å². The molecule has 1 saturated carbocycles. The first kappa shape index (κ1) is 13.6. The quantitative estimate of drug-likeness (QED) is 0.623. The van der Waals surface area contributed by atoms with Crippen molar-refractivity contribution in [3.05, 3.63) is 41.0 Å². The fourth-order valence-corrected chi connectivity index (χ4v) is 3.83. The van der Waals surface area contributed by atoms with Gasteiger partial charge in [0.2, 0.25) is 0 Å². The van der Waals surface area contributed by atoms with Gasteiger partial charge < -0.3 is 4.57 Å². The van der Waals surface area contributed by atoms with Crippen molar-refractivity contribution in [2.24, 2.45) is 0 Å². The molecule has 0 aliphatic heterocycles. The van der Waals surface area contributed by atoms with Gasteiger partial charge >= 0.3 is 0 Å². The van der Waals surface area contributed by atoms with Crippen molar-refractivity contribution in [3.63, 3.8) is 0 Å². The number of pyridine rings is 1. The molecule has 1 atom stereocenters. The zero-order valence-corrected chi connectivity index (χ0v) is 13.3. The number of aromatic nitrogens is 2. The largest absolute Gasteiger partial charge is 0.315 e. The van der Waals surface area contributed by atoms with Crippen LogP contribution in [0.15, 0.2) is 41.0 Å². The van der Waals surface area contributed by atoms with E-state index in [1.165, 1.54) is 0 Å². The van der Waals surface area contributed by atoms with Crippen LogP contribution in [-0.2, 0) is 9.59 Å². The minimum absolute atomic E-state index is 0.0133. The summed E-state index contributed by atoms with van der Waals surface area (Å²) in [6, 6.07) is 9.60. The van der Waals surface area contributed by atoms with Gasteiger partial charge in [0, 0.05) is 27.9 Å². The Morgan fingerprint density at radius 2 is 2.00 bits per heavy atom. The summed E-state index contributed by atoms with van der Waals surface area (Å²) in [5, 5.41) is 2.09. The molecule has 2 heterocycles. The number of hydrogen-bond acceptors (Lipinski definition) is 3. The van der Waals surface area contributed by atoms with Crippen molar-refractivity contribution < 1.29 is 9.59 Å². The fraction of sp³-hybridized carbons (Fsp3) is 0.235. The van der Waals surface area contributed by atoms with E-state index >= 15 is 0 Å². The predicted octanol–water partition coefficient (Wildman–Crippen LogP) is 3.82. The summed E-state index contributed by atoms with van der Waals surface area (Å²) in [6.07, 6.45) is 2.78. The third kappa shape index (κ3) is 1.92. The van der Waals surface area contributed by atoms with Gasteiger partial charge in [-0.05, 0) is 34.5 Å². The standard InChI is InChI=1S/C17H13BrN2O2/c18-12-7-8-19-17-16(12)11-3-1-2-4-13(11)20(17)14-6-5-10(21)9-15(14)22/h1-4,7-8,14H,5-6,9H2. The number of benzene rings is 1. The summed E-state index contributed by atoms with van der Waals surface area (Å²) in [5.74, 6) is 0.0248. The molecule has 4 rings (SSSR count). The van der Waals surface area contributed by atoms with Crippen LogP contribution < -0.4 is 0 Å². The van der Waals surface area contributed by atoms with Crippen LogP contribution in [-0.4, -0.2) is 21.1 Å². The van der Waals surface area contributed by atoms with Crippen molar-refractivity contribution in [1.82, 2.24) is 9.55 Å². The summed E-state index contributed by atoms with van der Waals surface area (Å²) in [4.78, 5) is 28.4. The number of nitrogens with zero attached hydrogens (tertiary/aromatic N) is 2. The highest BCUT2D eigenvalue weighted by atomic mass is 79.9. The van der Waals surface area contributed by atoms with Gasteiger partial charge in [-0.15, -0.1) is 0 Å². The van der Waals surface area contributed by atoms with E-state index in [2.05, 4.69) is 20.9 Å². The van der Waals surface area contributed by atoms with Crippen LogP contribution in [0.5, 0.6) is 0 Å². The summed E-state index contributed by atoms with van der Waals surface area (Å²) in [7, 11) is 0. The van der Waals surface area contributed by atoms with Gasteiger partial charge in [0.25, 0.3) is 0 Å². The maximum Gasteiger partial charge on any atom is 0.163 e. The Morgan fingerprint density at radius 1 is 1.18 bits per heavy atom. The number of para-hydroxylation sites is 1. The van der Waals surface area contributed by atoms with Crippen LogP contribution in [0.2, 0.25) is 0 Å². The number of hydrogen-bond donors (Lipinski definition) is 0. The lowest BCUT2D eigenvalue weighted by Gasteiger charge is -2.22. The first-order valence-electron chi connectivity index (χ1n) is 7.24. The van der Waals surface area contributed by atoms with Crippen molar-refractivity contribution in [3.8, 4) is 0 Å². The molecule has 1 aliphatic rings. The molecule has 0 bridgehead atoms. The lowest BCUT2D eigenvalue weighted by Crippen LogP contribution is -2.27. The van der Waals surface area contributed by atoms with Crippen LogP contribution in [0.3, 0.4) is 0 Å². The SMILES string of the molecule is O=C1CCC(n2c3ccccc3c3c(Br)ccnc32)C(=O)C1. The molecule has 0 saturated heterocycles. The van der Waals surface area contributed by atoms with Gasteiger partial charge in [0.05, 0.1) is 18.0 Å². The average molecular weight is 357 g/mol. The van der Waals surface area contributed by atoms with Gasteiger partial charge in [0.15, 0.2) is 5.78 Å². The predicted molar refractivity (Wildman–Crippen MR) is 87.8 cm³/mol. The zero-order chi connectivity index (χ0) is 15.3. The Kier molecular flexibility index (Phi) is 3.11. The molecule has 2 aromatic heterocycles. The fourth-order valence-electron chi connectivity index (χ4n) is 3.32. The molecule has 0 amide bonds. The van der Waals surface area contributed by atoms with Crippen LogP contribution in [0.4, 0.5) is 0 Å². The number of carbonyl (C=O) groups is 2. The van der Waals surface area contributed by atoms with E-state index in [9.17, 15) is 9.59 Å². The van der Waals surface area contributed by atoms with Crippen LogP contribution >= 0.6 is 15.9 Å². The first-order valence-corrected chi connectivity index (χ1v) is 8.03. The van der Waals surface area contributed by atoms with Gasteiger partial charge in [-0.1, -0.05) is 18.2 Å². The summed E-state index contributed by atoms with van der Waals surface area (Å²) < 4.78 is 2.97. The molecule has 0 radical (unpaired) electrons. The second-order valence-corrected chi connectivity index (χ2v) is 6.47. The summed E-state index contributed by atoms with van der Waals surface area (Å²) in [5.41, 5.74) is 1.79. The summed E-state index contributed by atoms with van der Waals surface area (Å²) in [6.45, 7) is 0. The second-order valence-electron chi connectivity index (χ2n) is 5.61. The number of halogens is 1. The van der Waals surface area contributed by atoms with Crippen molar-refractivity contribution in [1.29, 1.82) is 0 Å². The molecule has 0 N–H and O–H groups in total. The highest BCUT2D eigenvalue weighted by Gasteiger charge is 2.31. The monoisotopic (exact) mass is 356 g/mol. The lowest BCUT2D eigenvalue weighted by atomic mass is 9.93. The molecular weight excluding hydrogens is 344 g/mol. The molecule has 3 aromatic rings. The van der Waals surface area contributed by atoms with Crippen LogP contribution in [0.1, 0.15) is 25.3 Å². The number of ketones is 2. The minimum Gasteiger partial charge on any atom is -0.315 e. The van der Waals surface area contributed by atoms with Crippen LogP contribution in [0.25, 0.3) is 21.9 Å². The lowest BCUT2D eigenvalue weighted by molar-refractivity contribution is -0.131. The Balaban J connectivity index is 2.05. The van der Waals surface area contributed by atoms with Gasteiger partial charge in [-0.2, -0.15) is 0 Å². The highest BCUT2D eigenvalue weighted by molar-refractivity contribution is 9.10. The Bertz CT molecular complexity index is 929. The van der Waals surface area contributed by atoms with Crippen molar-refractivity contribution >= 4 is 49.4 Å². The van der Waals surface area contributed by atoms with Crippen molar-refractivity contribution in [2.75, 3.05) is 0 Å². The van der Waals surface area contributed by atoms with Gasteiger partial charge in [-0.3, -0.25) is 9.59 Å². The van der Waals surface area contributed by atoms with E-state index < -0.39 is 0 Å². The zero-order valence-electron chi connectivity index (χ0n) is 11.8. The Hall–Kier alpha value is -2.01. The first-order chi connectivity index (χ1) is 10.7. The number of Topliss-reactive ketones (excluding diaryl/α,β-unsaturated/α-hetero) is 2. The molecule has 0 spiro atoms. The van der Waals surface area contributed by atoms with Gasteiger partial charge in [-0.25, -0.2) is 4.98 Å². The normalized spacial score (nSPS) is 19.2. The topological polar surface area (TPSA) is 52.0 Å². The molecule has 1 fully saturated rings. The molecule has 4 nitrogen and oxygen atoms in total. The minimum atomic E-state index is -0.304. The van der Waals surface area contributed by atoms with E-state index in [0.29, 0.717) is 12.8 Å². The third-order valence-electron chi connectivity index (χ3n) is 4.29. The molecule has 1 aromatic carbocycles. The van der Waals surface area contributed by atoms with Crippen molar-refractivity contribution in [2.45, 2.75) is 25.3 Å². The van der Waals surface area contributed by atoms with E-state index in [0.717, 1.165) is 26.4 Å². The Labute approximate surface area is 135 Å². The van der Waals surface area contributed by atoms with E-state index in [1.807, 2.05) is 34.9 Å². The number of fused-ring (bicyclic) bond motifs is 3. The maximum atomic E-state index is 12.4. The molecule has 1 unspecified atom stereocenters. The third-order valence-corrected chi connectivity index (χ3v) is 4.95. The van der Waals surface area contributed by atoms with Gasteiger partial charge in [0.1, 0.15) is 11.4 Å². The summed E-state index contributed by atoms with van der Waals surface area (Å²) >= 11 is 3.59. The van der Waals surface area contributed by atoms with E-state index in [1.54, 1.807) is 6.20 Å². The molecule has 110 valence electrons. The highest BCUT2D eigenvalue weighted by Crippen LogP contribution is 2.37. The maximum absolute atomic E-state index is 12.4.